The van der Waals surface area contributed by atoms with E-state index in [9.17, 15) is 24.0 Å². The largest absolute Gasteiger partial charge is 0.493 e. The van der Waals surface area contributed by atoms with Crippen LogP contribution in [0.4, 0.5) is 11.4 Å². The molecule has 1 unspecified atom stereocenters. The summed E-state index contributed by atoms with van der Waals surface area (Å²) in [6.07, 6.45) is 3.38. The maximum atomic E-state index is 13.9. The van der Waals surface area contributed by atoms with Crippen molar-refractivity contribution >= 4 is 46.0 Å². The number of hydrogen-bond acceptors (Lipinski definition) is 10. The Balaban J connectivity index is 1.57. The normalized spacial score (nSPS) is 14.1. The Morgan fingerprint density at radius 3 is 2.33 bits per heavy atom. The number of aryl methyl sites for hydroxylation is 1. The second-order valence-corrected chi connectivity index (χ2v) is 12.2. The highest BCUT2D eigenvalue weighted by molar-refractivity contribution is 7.98. The van der Waals surface area contributed by atoms with Crippen LogP contribution in [0.25, 0.3) is 22.2 Å². The van der Waals surface area contributed by atoms with E-state index in [1.54, 1.807) is 49.2 Å². The maximum Gasteiger partial charge on any atom is 0.314 e. The minimum absolute atomic E-state index is 0.187. The molecule has 252 valence electrons. The molecule has 0 fully saturated rings. The predicted octanol–water partition coefficient (Wildman–Crippen LogP) is 3.57. The molecule has 4 aromatic rings. The summed E-state index contributed by atoms with van der Waals surface area (Å²) in [5, 5.41) is 9.00. The van der Waals surface area contributed by atoms with Crippen LogP contribution in [-0.4, -0.2) is 61.2 Å². The zero-order valence-corrected chi connectivity index (χ0v) is 28.0. The molecule has 2 atom stereocenters. The van der Waals surface area contributed by atoms with E-state index in [-0.39, 0.29) is 17.0 Å². The summed E-state index contributed by atoms with van der Waals surface area (Å²) in [6.45, 7) is 1.43. The van der Waals surface area contributed by atoms with Gasteiger partial charge in [-0.1, -0.05) is 6.07 Å². The number of aromatic nitrogens is 2. The van der Waals surface area contributed by atoms with Gasteiger partial charge in [0.25, 0.3) is 0 Å². The smallest absolute Gasteiger partial charge is 0.314 e. The second kappa shape index (κ2) is 14.7. The second-order valence-electron chi connectivity index (χ2n) is 11.2. The quantitative estimate of drug-likeness (QED) is 0.148. The number of carbonyl (C=O) groups is 2. The lowest BCUT2D eigenvalue weighted by molar-refractivity contribution is -0.120. The molecule has 5 N–H and O–H groups in total. The van der Waals surface area contributed by atoms with Gasteiger partial charge in [0.15, 0.2) is 11.5 Å². The third kappa shape index (κ3) is 7.03. The molecule has 0 bridgehead atoms. The van der Waals surface area contributed by atoms with Crippen LogP contribution in [0.5, 0.6) is 17.2 Å². The summed E-state index contributed by atoms with van der Waals surface area (Å²) in [4.78, 5) is 68.3. The topological polar surface area (TPSA) is 181 Å². The minimum atomic E-state index is -0.810. The molecule has 13 nitrogen and oxygen atoms in total. The third-order valence-corrected chi connectivity index (χ3v) is 8.81. The zero-order valence-electron chi connectivity index (χ0n) is 27.2. The molecular formula is C34H37N5O8S. The number of hydrogen-bond donors (Lipinski definition) is 5. The molecule has 3 aromatic carbocycles. The van der Waals surface area contributed by atoms with Crippen molar-refractivity contribution in [3.63, 3.8) is 0 Å². The highest BCUT2D eigenvalue weighted by Crippen LogP contribution is 2.50. The molecular weight excluding hydrogens is 638 g/mol. The van der Waals surface area contributed by atoms with Crippen LogP contribution in [0.2, 0.25) is 0 Å². The number of benzene rings is 2. The molecule has 0 saturated heterocycles. The van der Waals surface area contributed by atoms with Crippen LogP contribution < -0.4 is 46.7 Å². The van der Waals surface area contributed by atoms with Gasteiger partial charge in [0.05, 0.1) is 44.1 Å². The van der Waals surface area contributed by atoms with Gasteiger partial charge in [0, 0.05) is 18.2 Å². The Morgan fingerprint density at radius 2 is 1.67 bits per heavy atom. The average molecular weight is 676 g/mol. The first-order valence-electron chi connectivity index (χ1n) is 15.2. The molecule has 2 amide bonds. The van der Waals surface area contributed by atoms with Gasteiger partial charge < -0.3 is 40.1 Å². The van der Waals surface area contributed by atoms with Crippen LogP contribution in [0.3, 0.4) is 0 Å². The maximum absolute atomic E-state index is 13.9. The Morgan fingerprint density at radius 1 is 0.938 bits per heavy atom. The minimum Gasteiger partial charge on any atom is -0.493 e. The van der Waals surface area contributed by atoms with Crippen LogP contribution in [0, 0.1) is 0 Å². The highest BCUT2D eigenvalue weighted by Gasteiger charge is 2.30. The summed E-state index contributed by atoms with van der Waals surface area (Å²) in [5.41, 5.74) is 2.27. The lowest BCUT2D eigenvalue weighted by atomic mass is 9.95. The molecule has 1 aliphatic rings. The molecule has 0 aliphatic heterocycles. The molecule has 5 rings (SSSR count). The van der Waals surface area contributed by atoms with Gasteiger partial charge in [-0.25, -0.2) is 0 Å². The SMILES string of the molecule is COc1cc2c(c(OC)c1OC)-c1ccc(NC(CCSC)C(=O)Nc3ccc4[nH]c(=O)c(=O)[nH]c4c3)c(=O)cc1[C@@H](NC(C)=O)CC2. The van der Waals surface area contributed by atoms with Crippen molar-refractivity contribution in [1.82, 2.24) is 15.3 Å². The van der Waals surface area contributed by atoms with Crippen molar-refractivity contribution < 1.29 is 23.8 Å². The number of H-pyrrole nitrogens is 2. The first-order chi connectivity index (χ1) is 23.1. The van der Waals surface area contributed by atoms with Crippen molar-refractivity contribution in [1.29, 1.82) is 0 Å². The van der Waals surface area contributed by atoms with E-state index in [2.05, 4.69) is 25.9 Å². The van der Waals surface area contributed by atoms with E-state index in [0.717, 1.165) is 5.56 Å². The lowest BCUT2D eigenvalue weighted by Gasteiger charge is -2.19. The number of fused-ring (bicyclic) bond motifs is 4. The number of amides is 2. The van der Waals surface area contributed by atoms with E-state index in [1.807, 2.05) is 12.3 Å². The molecule has 48 heavy (non-hydrogen) atoms. The number of nitrogens with one attached hydrogen (secondary N) is 5. The highest BCUT2D eigenvalue weighted by atomic mass is 32.2. The van der Waals surface area contributed by atoms with Crippen LogP contribution in [0.1, 0.15) is 36.9 Å². The van der Waals surface area contributed by atoms with Crippen LogP contribution in [0.15, 0.2) is 56.8 Å². The fourth-order valence-electron chi connectivity index (χ4n) is 5.94. The van der Waals surface area contributed by atoms with Gasteiger partial charge in [-0.3, -0.25) is 24.0 Å². The van der Waals surface area contributed by atoms with Crippen molar-refractivity contribution in [3.8, 4) is 28.4 Å². The Labute approximate surface area is 279 Å². The van der Waals surface area contributed by atoms with Crippen molar-refractivity contribution in [2.24, 2.45) is 0 Å². The Bertz CT molecular complexity index is 2060. The summed E-state index contributed by atoms with van der Waals surface area (Å²) >= 11 is 1.55. The van der Waals surface area contributed by atoms with Gasteiger partial charge in [-0.05, 0) is 84.4 Å². The van der Waals surface area contributed by atoms with Crippen molar-refractivity contribution in [2.45, 2.75) is 38.3 Å². The van der Waals surface area contributed by atoms with Gasteiger partial charge >= 0.3 is 11.1 Å². The molecule has 0 radical (unpaired) electrons. The summed E-state index contributed by atoms with van der Waals surface area (Å²) in [6, 6.07) is 10.2. The fraction of sp³-hybridized carbons (Fsp3) is 0.324. The number of anilines is 2. The summed E-state index contributed by atoms with van der Waals surface area (Å²) in [5.74, 6) is 1.30. The van der Waals surface area contributed by atoms with E-state index < -0.39 is 29.1 Å². The number of thioether (sulfide) groups is 1. The summed E-state index contributed by atoms with van der Waals surface area (Å²) < 4.78 is 17.1. The van der Waals surface area contributed by atoms with E-state index >= 15 is 0 Å². The number of methoxy groups -OCH3 is 3. The van der Waals surface area contributed by atoms with E-state index in [4.69, 9.17) is 14.2 Å². The van der Waals surface area contributed by atoms with E-state index in [1.165, 1.54) is 27.2 Å². The number of ether oxygens (including phenoxy) is 3. The van der Waals surface area contributed by atoms with Gasteiger partial charge in [-0.15, -0.1) is 0 Å². The Hall–Kier alpha value is -5.24. The number of rotatable bonds is 11. The standard InChI is InChI=1S/C34H37N5O8S/c1-17(40)35-22-9-6-18-14-28(45-2)30(46-3)31(47-4)29(18)20-8-11-24(27(41)16-21(20)22)37-25(12-13-48-5)32(42)36-19-7-10-23-26(15-19)39-34(44)33(43)38-23/h7-8,10-11,14-16,22,25H,6,9,12-13H2,1-5H3,(H,35,40)(H,36,42)(H,37,41)(H,38,43)(H,39,44)/t22-,25?/m0/s1. The Kier molecular flexibility index (Phi) is 10.4. The molecule has 1 heterocycles. The molecule has 0 saturated carbocycles. The van der Waals surface area contributed by atoms with Gasteiger partial charge in [-0.2, -0.15) is 11.8 Å². The molecule has 1 aliphatic carbocycles. The molecule has 1 aromatic heterocycles. The van der Waals surface area contributed by atoms with Crippen LogP contribution >= 0.6 is 11.8 Å². The predicted molar refractivity (Wildman–Crippen MR) is 187 cm³/mol. The first kappa shape index (κ1) is 34.1. The van der Waals surface area contributed by atoms with E-state index in [0.29, 0.717) is 75.7 Å². The molecule has 14 heteroatoms. The average Bonchev–Trinajstić information content (AvgIpc) is 3.30. The monoisotopic (exact) mass is 675 g/mol. The fourth-order valence-corrected chi connectivity index (χ4v) is 6.41. The van der Waals surface area contributed by atoms with Gasteiger partial charge in [0.1, 0.15) is 6.04 Å². The number of aromatic amines is 2. The number of carbonyl (C=O) groups excluding carboxylic acids is 2. The third-order valence-electron chi connectivity index (χ3n) is 8.16. The lowest BCUT2D eigenvalue weighted by Crippen LogP contribution is -2.36. The van der Waals surface area contributed by atoms with Gasteiger partial charge in [0.2, 0.25) is 23.0 Å². The van der Waals surface area contributed by atoms with Crippen LogP contribution in [-0.2, 0) is 16.0 Å². The molecule has 0 spiro atoms. The van der Waals surface area contributed by atoms with Crippen molar-refractivity contribution in [3.05, 3.63) is 84.5 Å². The zero-order chi connectivity index (χ0) is 34.5. The first-order valence-corrected chi connectivity index (χ1v) is 16.6. The van der Waals surface area contributed by atoms with Crippen molar-refractivity contribution in [2.75, 3.05) is 44.0 Å². The summed E-state index contributed by atoms with van der Waals surface area (Å²) in [7, 11) is 4.59.